The van der Waals surface area contributed by atoms with Crippen LogP contribution in [0.5, 0.6) is 0 Å². The minimum Gasteiger partial charge on any atom is -0.398 e. The third-order valence-corrected chi connectivity index (χ3v) is 3.71. The van der Waals surface area contributed by atoms with Crippen molar-refractivity contribution in [2.24, 2.45) is 0 Å². The average Bonchev–Trinajstić information content (AvgIpc) is 2.51. The van der Waals surface area contributed by atoms with Gasteiger partial charge in [-0.3, -0.25) is 0 Å². The summed E-state index contributed by atoms with van der Waals surface area (Å²) in [6.07, 6.45) is 0. The minimum absolute atomic E-state index is 0.728. The summed E-state index contributed by atoms with van der Waals surface area (Å²) in [5.74, 6) is 1.51. The van der Waals surface area contributed by atoms with Crippen LogP contribution >= 0.6 is 0 Å². The van der Waals surface area contributed by atoms with E-state index in [-0.39, 0.29) is 0 Å². The first kappa shape index (κ1) is 14.1. The monoisotopic (exact) mass is 293 g/mol. The number of nitrogens with zero attached hydrogens (tertiary/aromatic N) is 2. The van der Waals surface area contributed by atoms with E-state index in [1.54, 1.807) is 0 Å². The van der Waals surface area contributed by atoms with Crippen LogP contribution in [-0.2, 0) is 0 Å². The maximum absolute atomic E-state index is 6.03. The van der Waals surface area contributed by atoms with Crippen LogP contribution in [0.25, 0.3) is 10.9 Å². The lowest BCUT2D eigenvalue weighted by atomic mass is 10.1. The van der Waals surface area contributed by atoms with Crippen molar-refractivity contribution in [3.8, 4) is 0 Å². The van der Waals surface area contributed by atoms with Crippen molar-refractivity contribution < 1.29 is 0 Å². The first-order valence-corrected chi connectivity index (χ1v) is 7.17. The molecular formula is C17H19N5. The molecular weight excluding hydrogens is 274 g/mol. The molecule has 0 atom stereocenters. The zero-order chi connectivity index (χ0) is 15.7. The molecule has 0 aliphatic rings. The van der Waals surface area contributed by atoms with E-state index in [2.05, 4.69) is 20.6 Å². The van der Waals surface area contributed by atoms with Crippen LogP contribution in [0, 0.1) is 13.8 Å². The first-order valence-electron chi connectivity index (χ1n) is 7.17. The van der Waals surface area contributed by atoms with Crippen molar-refractivity contribution in [2.75, 3.05) is 23.4 Å². The van der Waals surface area contributed by atoms with E-state index < -0.39 is 0 Å². The molecule has 1 heterocycles. The Bertz CT molecular complexity index is 825. The fourth-order valence-corrected chi connectivity index (χ4v) is 2.47. The molecule has 0 spiro atoms. The van der Waals surface area contributed by atoms with Gasteiger partial charge in [-0.05, 0) is 55.8 Å². The quantitative estimate of drug-likeness (QED) is 0.643. The topological polar surface area (TPSA) is 75.9 Å². The van der Waals surface area contributed by atoms with Gasteiger partial charge in [0.1, 0.15) is 11.6 Å². The number of nitrogen functional groups attached to an aromatic ring is 1. The molecule has 3 rings (SSSR count). The molecule has 22 heavy (non-hydrogen) atoms. The lowest BCUT2D eigenvalue weighted by molar-refractivity contribution is 1.09. The van der Waals surface area contributed by atoms with Crippen LogP contribution in [0.1, 0.15) is 11.4 Å². The number of nitrogens with two attached hydrogens (primary N) is 1. The Morgan fingerprint density at radius 3 is 2.27 bits per heavy atom. The molecule has 2 aromatic carbocycles. The van der Waals surface area contributed by atoms with E-state index in [0.717, 1.165) is 45.2 Å². The fourth-order valence-electron chi connectivity index (χ4n) is 2.47. The van der Waals surface area contributed by atoms with Crippen LogP contribution in [0.2, 0.25) is 0 Å². The highest BCUT2D eigenvalue weighted by molar-refractivity contribution is 5.96. The van der Waals surface area contributed by atoms with Gasteiger partial charge in [-0.1, -0.05) is 0 Å². The highest BCUT2D eigenvalue weighted by Gasteiger charge is 2.10. The van der Waals surface area contributed by atoms with Crippen molar-refractivity contribution in [2.45, 2.75) is 13.8 Å². The van der Waals surface area contributed by atoms with Crippen LogP contribution < -0.4 is 16.4 Å². The molecule has 3 aromatic rings. The normalized spacial score (nSPS) is 10.7. The third kappa shape index (κ3) is 2.53. The number of benzene rings is 2. The number of nitrogens with one attached hydrogen (secondary N) is 2. The molecule has 0 unspecified atom stereocenters. The summed E-state index contributed by atoms with van der Waals surface area (Å²) in [6.45, 7) is 3.88. The van der Waals surface area contributed by atoms with Gasteiger partial charge < -0.3 is 16.4 Å². The van der Waals surface area contributed by atoms with Gasteiger partial charge in [0.15, 0.2) is 0 Å². The largest absolute Gasteiger partial charge is 0.398 e. The number of anilines is 4. The van der Waals surface area contributed by atoms with Crippen molar-refractivity contribution >= 4 is 33.8 Å². The summed E-state index contributed by atoms with van der Waals surface area (Å²) >= 11 is 0. The summed E-state index contributed by atoms with van der Waals surface area (Å²) in [7, 11) is 1.90. The van der Waals surface area contributed by atoms with E-state index in [4.69, 9.17) is 5.73 Å². The fraction of sp³-hybridized carbons (Fsp3) is 0.176. The zero-order valence-electron chi connectivity index (χ0n) is 12.9. The molecule has 0 saturated heterocycles. The molecule has 0 saturated carbocycles. The van der Waals surface area contributed by atoms with Crippen LogP contribution in [0.3, 0.4) is 0 Å². The van der Waals surface area contributed by atoms with Gasteiger partial charge in [0, 0.05) is 29.5 Å². The molecule has 4 N–H and O–H groups in total. The lowest BCUT2D eigenvalue weighted by Crippen LogP contribution is -2.02. The number of hydrogen-bond acceptors (Lipinski definition) is 5. The molecule has 0 radical (unpaired) electrons. The zero-order valence-corrected chi connectivity index (χ0v) is 12.9. The summed E-state index contributed by atoms with van der Waals surface area (Å²) < 4.78 is 0. The lowest BCUT2D eigenvalue weighted by Gasteiger charge is -2.13. The van der Waals surface area contributed by atoms with Crippen LogP contribution in [0.4, 0.5) is 22.9 Å². The molecule has 112 valence electrons. The van der Waals surface area contributed by atoms with E-state index >= 15 is 0 Å². The predicted octanol–water partition coefficient (Wildman–Crippen LogP) is 3.61. The molecule has 5 nitrogen and oxygen atoms in total. The summed E-state index contributed by atoms with van der Waals surface area (Å²) in [4.78, 5) is 9.04. The number of fused-ring (bicyclic) bond motifs is 1. The van der Waals surface area contributed by atoms with Crippen LogP contribution in [0.15, 0.2) is 36.4 Å². The van der Waals surface area contributed by atoms with E-state index in [0.29, 0.717) is 0 Å². The van der Waals surface area contributed by atoms with Gasteiger partial charge in [0.2, 0.25) is 0 Å². The summed E-state index contributed by atoms with van der Waals surface area (Å²) in [6, 6.07) is 11.9. The SMILES string of the molecule is CNc1ccc(Nc2nc(C)nc3ccc(N)c(C)c23)cc1. The second-order valence-electron chi connectivity index (χ2n) is 5.25. The average molecular weight is 293 g/mol. The predicted molar refractivity (Wildman–Crippen MR) is 92.7 cm³/mol. The van der Waals surface area contributed by atoms with Gasteiger partial charge in [0.05, 0.1) is 5.52 Å². The molecule has 0 aliphatic heterocycles. The van der Waals surface area contributed by atoms with E-state index in [9.17, 15) is 0 Å². The number of rotatable bonds is 3. The van der Waals surface area contributed by atoms with Crippen molar-refractivity contribution in [3.63, 3.8) is 0 Å². The van der Waals surface area contributed by atoms with Gasteiger partial charge in [0.25, 0.3) is 0 Å². The summed E-state index contributed by atoms with van der Waals surface area (Å²) in [5.41, 5.74) is 10.7. The molecule has 0 aliphatic carbocycles. The Balaban J connectivity index is 2.10. The third-order valence-electron chi connectivity index (χ3n) is 3.71. The highest BCUT2D eigenvalue weighted by Crippen LogP contribution is 2.30. The van der Waals surface area contributed by atoms with Gasteiger partial charge in [-0.2, -0.15) is 0 Å². The van der Waals surface area contributed by atoms with Crippen molar-refractivity contribution in [3.05, 3.63) is 47.8 Å². The standard InChI is InChI=1S/C17H19N5/c1-10-14(18)8-9-15-16(10)17(21-11(2)20-15)22-13-6-4-12(19-3)5-7-13/h4-9,19H,18H2,1-3H3,(H,20,21,22). The Kier molecular flexibility index (Phi) is 3.55. The second-order valence-corrected chi connectivity index (χ2v) is 5.25. The summed E-state index contributed by atoms with van der Waals surface area (Å²) in [5, 5.41) is 7.44. The molecule has 1 aromatic heterocycles. The van der Waals surface area contributed by atoms with Gasteiger partial charge >= 0.3 is 0 Å². The number of aromatic nitrogens is 2. The number of aryl methyl sites for hydroxylation is 2. The highest BCUT2D eigenvalue weighted by atomic mass is 15.0. The maximum Gasteiger partial charge on any atom is 0.142 e. The maximum atomic E-state index is 6.03. The van der Waals surface area contributed by atoms with E-state index in [1.165, 1.54) is 0 Å². The van der Waals surface area contributed by atoms with Crippen molar-refractivity contribution in [1.82, 2.24) is 9.97 Å². The Labute approximate surface area is 129 Å². The van der Waals surface area contributed by atoms with Crippen molar-refractivity contribution in [1.29, 1.82) is 0 Å². The molecule has 0 fully saturated rings. The van der Waals surface area contributed by atoms with Gasteiger partial charge in [-0.25, -0.2) is 9.97 Å². The Morgan fingerprint density at radius 1 is 0.909 bits per heavy atom. The Morgan fingerprint density at radius 2 is 1.59 bits per heavy atom. The van der Waals surface area contributed by atoms with Gasteiger partial charge in [-0.15, -0.1) is 0 Å². The number of hydrogen-bond donors (Lipinski definition) is 3. The second kappa shape index (κ2) is 5.52. The Hall–Kier alpha value is -2.82. The van der Waals surface area contributed by atoms with Crippen LogP contribution in [-0.4, -0.2) is 17.0 Å². The molecule has 0 amide bonds. The van der Waals surface area contributed by atoms with E-state index in [1.807, 2.05) is 57.3 Å². The molecule has 5 heteroatoms. The molecule has 0 bridgehead atoms. The minimum atomic E-state index is 0.728. The smallest absolute Gasteiger partial charge is 0.142 e. The first-order chi connectivity index (χ1) is 10.6.